The monoisotopic (exact) mass is 277 g/mol. The SMILES string of the molecule is Cc1cc(C(=O)N2CCC(C)C(N)C2)ccc1[N+](=O)[O-]. The van der Waals surface area contributed by atoms with Gasteiger partial charge in [-0.15, -0.1) is 0 Å². The van der Waals surface area contributed by atoms with E-state index in [2.05, 4.69) is 6.92 Å². The van der Waals surface area contributed by atoms with Gasteiger partial charge in [0.25, 0.3) is 11.6 Å². The lowest BCUT2D eigenvalue weighted by Crippen LogP contribution is -2.49. The zero-order valence-electron chi connectivity index (χ0n) is 11.7. The van der Waals surface area contributed by atoms with Gasteiger partial charge in [-0.1, -0.05) is 6.92 Å². The highest BCUT2D eigenvalue weighted by molar-refractivity contribution is 5.94. The highest BCUT2D eigenvalue weighted by Crippen LogP contribution is 2.22. The van der Waals surface area contributed by atoms with Crippen molar-refractivity contribution in [1.29, 1.82) is 0 Å². The van der Waals surface area contributed by atoms with E-state index in [1.54, 1.807) is 17.9 Å². The average Bonchev–Trinajstić information content (AvgIpc) is 2.40. The van der Waals surface area contributed by atoms with Gasteiger partial charge in [-0.3, -0.25) is 14.9 Å². The number of nitrogens with two attached hydrogens (primary N) is 1. The lowest BCUT2D eigenvalue weighted by Gasteiger charge is -2.35. The molecule has 2 atom stereocenters. The Morgan fingerprint density at radius 1 is 1.50 bits per heavy atom. The second-order valence-electron chi connectivity index (χ2n) is 5.44. The predicted molar refractivity (Wildman–Crippen MR) is 75.5 cm³/mol. The van der Waals surface area contributed by atoms with Crippen molar-refractivity contribution in [3.8, 4) is 0 Å². The van der Waals surface area contributed by atoms with Gasteiger partial charge in [-0.05, 0) is 31.4 Å². The van der Waals surface area contributed by atoms with E-state index in [-0.39, 0.29) is 17.6 Å². The van der Waals surface area contributed by atoms with Crippen LogP contribution in [0.15, 0.2) is 18.2 Å². The van der Waals surface area contributed by atoms with Gasteiger partial charge in [0.05, 0.1) is 4.92 Å². The number of hydrogen-bond donors (Lipinski definition) is 1. The molecule has 0 spiro atoms. The summed E-state index contributed by atoms with van der Waals surface area (Å²) in [6.45, 7) is 4.95. The Labute approximate surface area is 117 Å². The third-order valence-electron chi connectivity index (χ3n) is 3.94. The molecule has 1 saturated heterocycles. The summed E-state index contributed by atoms with van der Waals surface area (Å²) in [6.07, 6.45) is 0.888. The van der Waals surface area contributed by atoms with Crippen molar-refractivity contribution in [1.82, 2.24) is 4.90 Å². The van der Waals surface area contributed by atoms with Crippen LogP contribution < -0.4 is 5.73 Å². The van der Waals surface area contributed by atoms with Gasteiger partial charge in [0.15, 0.2) is 0 Å². The third-order valence-corrected chi connectivity index (χ3v) is 3.94. The number of benzene rings is 1. The Morgan fingerprint density at radius 3 is 2.75 bits per heavy atom. The van der Waals surface area contributed by atoms with Crippen LogP contribution in [0, 0.1) is 23.0 Å². The van der Waals surface area contributed by atoms with E-state index in [0.29, 0.717) is 30.1 Å². The molecule has 1 amide bonds. The number of carbonyl (C=O) groups excluding carboxylic acids is 1. The molecular formula is C14H19N3O3. The quantitative estimate of drug-likeness (QED) is 0.658. The zero-order chi connectivity index (χ0) is 14.9. The Kier molecular flexibility index (Phi) is 4.04. The van der Waals surface area contributed by atoms with E-state index >= 15 is 0 Å². The molecule has 0 aliphatic carbocycles. The van der Waals surface area contributed by atoms with Gasteiger partial charge in [0.2, 0.25) is 0 Å². The number of nitro groups is 1. The van der Waals surface area contributed by atoms with Crippen molar-refractivity contribution >= 4 is 11.6 Å². The molecule has 2 N–H and O–H groups in total. The summed E-state index contributed by atoms with van der Waals surface area (Å²) in [5, 5.41) is 10.8. The summed E-state index contributed by atoms with van der Waals surface area (Å²) in [7, 11) is 0. The molecule has 1 heterocycles. The summed E-state index contributed by atoms with van der Waals surface area (Å²) in [4.78, 5) is 24.4. The minimum Gasteiger partial charge on any atom is -0.337 e. The molecule has 0 bridgehead atoms. The number of nitro benzene ring substituents is 1. The third kappa shape index (κ3) is 2.80. The van der Waals surface area contributed by atoms with Crippen molar-refractivity contribution < 1.29 is 9.72 Å². The first-order valence-electron chi connectivity index (χ1n) is 6.70. The maximum Gasteiger partial charge on any atom is 0.272 e. The fraction of sp³-hybridized carbons (Fsp3) is 0.500. The number of aryl methyl sites for hydroxylation is 1. The fourth-order valence-corrected chi connectivity index (χ4v) is 2.46. The number of rotatable bonds is 2. The smallest absolute Gasteiger partial charge is 0.272 e. The van der Waals surface area contributed by atoms with E-state index < -0.39 is 4.92 Å². The van der Waals surface area contributed by atoms with Gasteiger partial charge in [0.1, 0.15) is 0 Å². The molecule has 0 saturated carbocycles. The van der Waals surface area contributed by atoms with E-state index in [9.17, 15) is 14.9 Å². The Balaban J connectivity index is 2.17. The molecule has 1 aliphatic heterocycles. The van der Waals surface area contributed by atoms with Crippen LogP contribution in [0.25, 0.3) is 0 Å². The summed E-state index contributed by atoms with van der Waals surface area (Å²) < 4.78 is 0. The predicted octanol–water partition coefficient (Wildman–Crippen LogP) is 1.71. The van der Waals surface area contributed by atoms with Crippen LogP contribution in [0.1, 0.15) is 29.3 Å². The number of piperidine rings is 1. The van der Waals surface area contributed by atoms with Crippen molar-refractivity contribution in [3.05, 3.63) is 39.4 Å². The van der Waals surface area contributed by atoms with Gasteiger partial charge >= 0.3 is 0 Å². The minimum absolute atomic E-state index is 0.00755. The maximum atomic E-state index is 12.4. The van der Waals surface area contributed by atoms with E-state index in [1.807, 2.05) is 0 Å². The van der Waals surface area contributed by atoms with E-state index in [1.165, 1.54) is 12.1 Å². The molecule has 6 nitrogen and oxygen atoms in total. The molecule has 0 aromatic heterocycles. The molecule has 0 radical (unpaired) electrons. The number of hydrogen-bond acceptors (Lipinski definition) is 4. The molecule has 1 aromatic carbocycles. The van der Waals surface area contributed by atoms with E-state index in [4.69, 9.17) is 5.73 Å². The summed E-state index contributed by atoms with van der Waals surface area (Å²) >= 11 is 0. The first kappa shape index (κ1) is 14.5. The summed E-state index contributed by atoms with van der Waals surface area (Å²) in [5.41, 5.74) is 7.01. The van der Waals surface area contributed by atoms with Crippen LogP contribution in [0.4, 0.5) is 5.69 Å². The lowest BCUT2D eigenvalue weighted by atomic mass is 9.94. The second kappa shape index (κ2) is 5.58. The fourth-order valence-electron chi connectivity index (χ4n) is 2.46. The molecular weight excluding hydrogens is 258 g/mol. The molecule has 2 unspecified atom stereocenters. The van der Waals surface area contributed by atoms with Crippen molar-refractivity contribution in [2.75, 3.05) is 13.1 Å². The number of nitrogens with zero attached hydrogens (tertiary/aromatic N) is 2. The number of carbonyl (C=O) groups is 1. The first-order valence-corrected chi connectivity index (χ1v) is 6.70. The molecule has 2 rings (SSSR count). The number of amides is 1. The first-order chi connectivity index (χ1) is 9.40. The van der Waals surface area contributed by atoms with Crippen molar-refractivity contribution in [2.45, 2.75) is 26.3 Å². The standard InChI is InChI=1S/C14H19N3O3/c1-9-5-6-16(8-12(9)15)14(18)11-3-4-13(17(19)20)10(2)7-11/h3-4,7,9,12H,5-6,8,15H2,1-2H3. The van der Waals surface area contributed by atoms with Crippen LogP contribution in [-0.2, 0) is 0 Å². The van der Waals surface area contributed by atoms with Crippen molar-refractivity contribution in [3.63, 3.8) is 0 Å². The van der Waals surface area contributed by atoms with Crippen LogP contribution in [0.3, 0.4) is 0 Å². The second-order valence-corrected chi connectivity index (χ2v) is 5.44. The van der Waals surface area contributed by atoms with Crippen LogP contribution in [0.5, 0.6) is 0 Å². The lowest BCUT2D eigenvalue weighted by molar-refractivity contribution is -0.385. The molecule has 1 aromatic rings. The Morgan fingerprint density at radius 2 is 2.20 bits per heavy atom. The molecule has 1 fully saturated rings. The van der Waals surface area contributed by atoms with Gasteiger partial charge in [-0.25, -0.2) is 0 Å². The molecule has 108 valence electrons. The topological polar surface area (TPSA) is 89.5 Å². The van der Waals surface area contributed by atoms with Gasteiger partial charge in [-0.2, -0.15) is 0 Å². The largest absolute Gasteiger partial charge is 0.337 e. The normalized spacial score (nSPS) is 22.6. The Hall–Kier alpha value is -1.95. The minimum atomic E-state index is -0.442. The Bertz CT molecular complexity index is 544. The van der Waals surface area contributed by atoms with Crippen molar-refractivity contribution in [2.24, 2.45) is 11.7 Å². The molecule has 6 heteroatoms. The summed E-state index contributed by atoms with van der Waals surface area (Å²) in [5.74, 6) is 0.308. The molecule has 1 aliphatic rings. The van der Waals surface area contributed by atoms with Crippen LogP contribution >= 0.6 is 0 Å². The zero-order valence-corrected chi connectivity index (χ0v) is 11.7. The highest BCUT2D eigenvalue weighted by atomic mass is 16.6. The maximum absolute atomic E-state index is 12.4. The van der Waals surface area contributed by atoms with Gasteiger partial charge in [0, 0.05) is 36.3 Å². The number of likely N-dealkylation sites (tertiary alicyclic amines) is 1. The molecule has 20 heavy (non-hydrogen) atoms. The van der Waals surface area contributed by atoms with Crippen LogP contribution in [-0.4, -0.2) is 34.9 Å². The van der Waals surface area contributed by atoms with Crippen LogP contribution in [0.2, 0.25) is 0 Å². The van der Waals surface area contributed by atoms with E-state index in [0.717, 1.165) is 6.42 Å². The van der Waals surface area contributed by atoms with Gasteiger partial charge < -0.3 is 10.6 Å². The summed E-state index contributed by atoms with van der Waals surface area (Å²) in [6, 6.07) is 4.46. The highest BCUT2D eigenvalue weighted by Gasteiger charge is 2.27. The average molecular weight is 277 g/mol.